The van der Waals surface area contributed by atoms with Gasteiger partial charge in [0.1, 0.15) is 5.54 Å². The molecule has 10 heteroatoms. The minimum absolute atomic E-state index is 0.0913. The molecule has 0 aliphatic heterocycles. The highest BCUT2D eigenvalue weighted by molar-refractivity contribution is 7.89. The Bertz CT molecular complexity index is 802. The van der Waals surface area contributed by atoms with E-state index >= 15 is 0 Å². The van der Waals surface area contributed by atoms with Gasteiger partial charge in [0.25, 0.3) is 0 Å². The summed E-state index contributed by atoms with van der Waals surface area (Å²) in [5.74, 6) is -2.19. The number of aliphatic carboxylic acids is 1. The van der Waals surface area contributed by atoms with E-state index in [1.165, 1.54) is 59.0 Å². The fraction of sp³-hybridized carbons (Fsp3) is 0.438. The van der Waals surface area contributed by atoms with Crippen molar-refractivity contribution in [2.75, 3.05) is 12.4 Å². The van der Waals surface area contributed by atoms with Crippen LogP contribution in [0.3, 0.4) is 0 Å². The van der Waals surface area contributed by atoms with Crippen LogP contribution in [-0.4, -0.2) is 54.8 Å². The lowest BCUT2D eigenvalue weighted by Crippen LogP contribution is -2.56. The van der Waals surface area contributed by atoms with Crippen molar-refractivity contribution in [1.29, 1.82) is 0 Å². The summed E-state index contributed by atoms with van der Waals surface area (Å²) < 4.78 is 27.0. The molecule has 3 N–H and O–H groups in total. The molecule has 0 aliphatic rings. The average molecular weight is 385 g/mol. The molecule has 1 aromatic carbocycles. The second-order valence-electron chi connectivity index (χ2n) is 6.31. The number of benzene rings is 1. The molecule has 1 unspecified atom stereocenters. The maximum Gasteiger partial charge on any atom is 0.329 e. The van der Waals surface area contributed by atoms with Crippen molar-refractivity contribution in [3.8, 4) is 0 Å². The van der Waals surface area contributed by atoms with Gasteiger partial charge in [0, 0.05) is 19.7 Å². The maximum absolute atomic E-state index is 12.4. The average Bonchev–Trinajstić information content (AvgIpc) is 2.52. The Labute approximate surface area is 152 Å². The summed E-state index contributed by atoms with van der Waals surface area (Å²) in [6, 6.07) is 4.24. The number of sulfonamides is 1. The third-order valence-electron chi connectivity index (χ3n) is 3.88. The molecular weight excluding hydrogens is 362 g/mol. The van der Waals surface area contributed by atoms with Gasteiger partial charge in [-0.15, -0.1) is 0 Å². The van der Waals surface area contributed by atoms with Crippen molar-refractivity contribution >= 4 is 33.5 Å². The van der Waals surface area contributed by atoms with Crippen LogP contribution in [0, 0.1) is 0 Å². The summed E-state index contributed by atoms with van der Waals surface area (Å²) in [5.41, 5.74) is -1.06. The highest BCUT2D eigenvalue weighted by Gasteiger charge is 2.37. The minimum Gasteiger partial charge on any atom is -0.480 e. The molecule has 0 spiro atoms. The molecule has 1 aromatic rings. The fourth-order valence-corrected chi connectivity index (χ4v) is 3.18. The lowest BCUT2D eigenvalue weighted by Gasteiger charge is -2.33. The summed E-state index contributed by atoms with van der Waals surface area (Å²) in [5, 5.41) is 11.7. The summed E-state index contributed by atoms with van der Waals surface area (Å²) in [6.07, 6.45) is 0. The number of hydrogen-bond acceptors (Lipinski definition) is 5. The van der Waals surface area contributed by atoms with Gasteiger partial charge >= 0.3 is 5.97 Å². The van der Waals surface area contributed by atoms with Crippen molar-refractivity contribution in [3.63, 3.8) is 0 Å². The zero-order valence-electron chi connectivity index (χ0n) is 15.2. The number of anilines is 1. The molecule has 1 atom stereocenters. The van der Waals surface area contributed by atoms with Crippen LogP contribution in [0.4, 0.5) is 5.69 Å². The van der Waals surface area contributed by atoms with E-state index in [1.807, 2.05) is 0 Å². The van der Waals surface area contributed by atoms with Crippen molar-refractivity contribution in [2.24, 2.45) is 0 Å². The van der Waals surface area contributed by atoms with Crippen molar-refractivity contribution in [1.82, 2.24) is 9.62 Å². The number of rotatable bonds is 7. The molecule has 2 amide bonds. The van der Waals surface area contributed by atoms with E-state index < -0.39 is 33.5 Å². The molecule has 0 saturated heterocycles. The Kier molecular flexibility index (Phi) is 6.50. The highest BCUT2D eigenvalue weighted by Crippen LogP contribution is 2.17. The molecule has 0 radical (unpaired) electrons. The van der Waals surface area contributed by atoms with Crippen LogP contribution < -0.4 is 10.0 Å². The molecule has 0 aliphatic carbocycles. The monoisotopic (exact) mass is 385 g/mol. The quantitative estimate of drug-likeness (QED) is 0.631. The summed E-state index contributed by atoms with van der Waals surface area (Å²) in [6.45, 7) is 5.35. The lowest BCUT2D eigenvalue weighted by atomic mass is 10.0. The van der Waals surface area contributed by atoms with E-state index in [4.69, 9.17) is 0 Å². The number of carboxylic acids is 1. The predicted octanol–water partition coefficient (Wildman–Crippen LogP) is 0.633. The molecule has 0 heterocycles. The Morgan fingerprint density at radius 2 is 1.65 bits per heavy atom. The summed E-state index contributed by atoms with van der Waals surface area (Å²) in [7, 11) is -2.71. The Hall–Kier alpha value is -2.46. The number of carbonyl (C=O) groups is 3. The smallest absolute Gasteiger partial charge is 0.329 e. The predicted molar refractivity (Wildman–Crippen MR) is 95.0 cm³/mol. The third kappa shape index (κ3) is 5.02. The topological polar surface area (TPSA) is 133 Å². The van der Waals surface area contributed by atoms with Crippen LogP contribution in [0.15, 0.2) is 29.2 Å². The highest BCUT2D eigenvalue weighted by atomic mass is 32.2. The number of nitrogens with one attached hydrogen (secondary N) is 2. The number of hydrogen-bond donors (Lipinski definition) is 3. The first kappa shape index (κ1) is 21.6. The van der Waals surface area contributed by atoms with Crippen LogP contribution >= 0.6 is 0 Å². The van der Waals surface area contributed by atoms with E-state index in [1.54, 1.807) is 0 Å². The molecule has 0 aromatic heterocycles. The summed E-state index contributed by atoms with van der Waals surface area (Å²) >= 11 is 0. The fourth-order valence-electron chi connectivity index (χ4n) is 1.98. The first-order valence-corrected chi connectivity index (χ1v) is 9.18. The standard InChI is InChI=1S/C16H23N3O6S/c1-10(14(21)19(5)16(3,4)15(22)23)18-26(24,25)13-8-6-12(7-9-13)17-11(2)20/h6-10,18H,1-5H3,(H,17,20)(H,22,23). The van der Waals surface area contributed by atoms with Gasteiger partial charge in [0.05, 0.1) is 10.9 Å². The van der Waals surface area contributed by atoms with Crippen molar-refractivity contribution in [2.45, 2.75) is 44.2 Å². The van der Waals surface area contributed by atoms with Crippen LogP contribution in [0.1, 0.15) is 27.7 Å². The van der Waals surface area contributed by atoms with E-state index in [0.29, 0.717) is 5.69 Å². The first-order valence-electron chi connectivity index (χ1n) is 7.70. The number of carbonyl (C=O) groups excluding carboxylic acids is 2. The Morgan fingerprint density at radius 1 is 1.15 bits per heavy atom. The molecule has 26 heavy (non-hydrogen) atoms. The molecule has 0 fully saturated rings. The van der Waals surface area contributed by atoms with Crippen molar-refractivity contribution in [3.05, 3.63) is 24.3 Å². The Balaban J connectivity index is 2.93. The molecule has 1 rings (SSSR count). The zero-order chi connectivity index (χ0) is 20.3. The number of likely N-dealkylation sites (N-methyl/N-ethyl adjacent to an activating group) is 1. The molecular formula is C16H23N3O6S. The van der Waals surface area contributed by atoms with Gasteiger partial charge in [-0.05, 0) is 45.0 Å². The third-order valence-corrected chi connectivity index (χ3v) is 5.44. The molecule has 0 saturated carbocycles. The van der Waals surface area contributed by atoms with Gasteiger partial charge in [-0.3, -0.25) is 9.59 Å². The second kappa shape index (κ2) is 7.83. The van der Waals surface area contributed by atoms with Gasteiger partial charge in [-0.2, -0.15) is 4.72 Å². The lowest BCUT2D eigenvalue weighted by molar-refractivity contribution is -0.155. The molecule has 9 nitrogen and oxygen atoms in total. The number of amides is 2. The summed E-state index contributed by atoms with van der Waals surface area (Å²) in [4.78, 5) is 35.5. The maximum atomic E-state index is 12.4. The van der Waals surface area contributed by atoms with E-state index in [2.05, 4.69) is 10.0 Å². The normalized spacial score (nSPS) is 13.0. The van der Waals surface area contributed by atoms with Gasteiger partial charge < -0.3 is 15.3 Å². The van der Waals surface area contributed by atoms with Crippen LogP contribution in [0.2, 0.25) is 0 Å². The minimum atomic E-state index is -4.01. The van der Waals surface area contributed by atoms with Gasteiger partial charge in [0.15, 0.2) is 0 Å². The molecule has 0 bridgehead atoms. The van der Waals surface area contributed by atoms with Crippen LogP contribution in [0.25, 0.3) is 0 Å². The SMILES string of the molecule is CC(=O)Nc1ccc(S(=O)(=O)NC(C)C(=O)N(C)C(C)(C)C(=O)O)cc1. The molecule has 144 valence electrons. The number of nitrogens with zero attached hydrogens (tertiary/aromatic N) is 1. The van der Waals surface area contributed by atoms with Gasteiger partial charge in [-0.25, -0.2) is 13.2 Å². The van der Waals surface area contributed by atoms with Crippen LogP contribution in [-0.2, 0) is 24.4 Å². The van der Waals surface area contributed by atoms with E-state index in [9.17, 15) is 27.9 Å². The van der Waals surface area contributed by atoms with Gasteiger partial charge in [0.2, 0.25) is 21.8 Å². The van der Waals surface area contributed by atoms with Crippen molar-refractivity contribution < 1.29 is 27.9 Å². The zero-order valence-corrected chi connectivity index (χ0v) is 16.0. The second-order valence-corrected chi connectivity index (χ2v) is 8.02. The van der Waals surface area contributed by atoms with E-state index in [-0.39, 0.29) is 10.8 Å². The van der Waals surface area contributed by atoms with E-state index in [0.717, 1.165) is 4.90 Å². The number of carboxylic acid groups (broad SMARTS) is 1. The Morgan fingerprint density at radius 3 is 2.08 bits per heavy atom. The van der Waals surface area contributed by atoms with Crippen LogP contribution in [0.5, 0.6) is 0 Å². The first-order chi connectivity index (χ1) is 11.8. The van der Waals surface area contributed by atoms with Gasteiger partial charge in [-0.1, -0.05) is 0 Å². The largest absolute Gasteiger partial charge is 0.480 e.